The largest absolute Gasteiger partial charge is 0.480 e. The van der Waals surface area contributed by atoms with Crippen molar-refractivity contribution in [2.45, 2.75) is 48.0 Å². The summed E-state index contributed by atoms with van der Waals surface area (Å²) in [5.41, 5.74) is 3.92. The molecule has 0 aliphatic carbocycles. The zero-order valence-electron chi connectivity index (χ0n) is 24.0. The molecule has 222 valence electrons. The molecule has 44 heavy (non-hydrogen) atoms. The van der Waals surface area contributed by atoms with Gasteiger partial charge in [0, 0.05) is 17.2 Å². The molecule has 7 rings (SSSR count). The molecule has 3 aliphatic rings. The second kappa shape index (κ2) is 11.7. The molecule has 4 aromatic carbocycles. The molecule has 1 N–H and O–H groups in total. The molecule has 2 fully saturated rings. The maximum atomic E-state index is 14.8. The van der Waals surface area contributed by atoms with Crippen LogP contribution >= 0.6 is 11.8 Å². The molecule has 2 bridgehead atoms. The summed E-state index contributed by atoms with van der Waals surface area (Å²) in [6, 6.07) is 31.4. The molecule has 0 spiro atoms. The van der Waals surface area contributed by atoms with Gasteiger partial charge >= 0.3 is 18.0 Å². The number of thioether (sulfide) groups is 1. The monoisotopic (exact) mass is 604 g/mol. The normalized spacial score (nSPS) is 20.6. The summed E-state index contributed by atoms with van der Waals surface area (Å²) >= 11 is 1.69. The van der Waals surface area contributed by atoms with Gasteiger partial charge in [0.2, 0.25) is 0 Å². The Labute approximate surface area is 260 Å². The van der Waals surface area contributed by atoms with Crippen molar-refractivity contribution >= 4 is 52.5 Å². The lowest BCUT2D eigenvalue weighted by Crippen LogP contribution is -2.72. The van der Waals surface area contributed by atoms with Crippen molar-refractivity contribution in [2.24, 2.45) is 0 Å². The van der Waals surface area contributed by atoms with Gasteiger partial charge in [-0.1, -0.05) is 66.7 Å². The van der Waals surface area contributed by atoms with Crippen molar-refractivity contribution in [1.29, 1.82) is 0 Å². The maximum Gasteiger partial charge on any atom is 0.329 e. The molecule has 0 unspecified atom stereocenters. The highest BCUT2D eigenvalue weighted by molar-refractivity contribution is 7.98. The van der Waals surface area contributed by atoms with Crippen LogP contribution in [0.3, 0.4) is 0 Å². The molecule has 3 heterocycles. The molecule has 0 aromatic heterocycles. The summed E-state index contributed by atoms with van der Waals surface area (Å²) in [4.78, 5) is 49.9. The lowest BCUT2D eigenvalue weighted by Gasteiger charge is -2.54. The number of amides is 4. The Hall–Kier alpha value is -4.76. The zero-order chi connectivity index (χ0) is 30.2. The highest BCUT2D eigenvalue weighted by Gasteiger charge is 2.53. The lowest BCUT2D eigenvalue weighted by molar-refractivity contribution is -0.148. The van der Waals surface area contributed by atoms with E-state index in [0.29, 0.717) is 24.2 Å². The number of fused-ring (bicyclic) bond motifs is 4. The quantitative estimate of drug-likeness (QED) is 0.262. The number of hydrogen-bond acceptors (Lipinski definition) is 4. The summed E-state index contributed by atoms with van der Waals surface area (Å²) in [5.74, 6) is -0.395. The fourth-order valence-electron chi connectivity index (χ4n) is 6.82. The van der Waals surface area contributed by atoms with Crippen LogP contribution in [-0.2, 0) is 10.5 Å². The Kier molecular flexibility index (Phi) is 7.47. The summed E-state index contributed by atoms with van der Waals surface area (Å²) in [7, 11) is 0. The van der Waals surface area contributed by atoms with Crippen LogP contribution in [0.4, 0.5) is 32.3 Å². The number of piperazine rings is 1. The van der Waals surface area contributed by atoms with E-state index in [9.17, 15) is 19.5 Å². The number of hydrogen-bond donors (Lipinski definition) is 1. The zero-order valence-corrected chi connectivity index (χ0v) is 24.8. The van der Waals surface area contributed by atoms with E-state index in [0.717, 1.165) is 34.0 Å². The van der Waals surface area contributed by atoms with Crippen LogP contribution in [0.2, 0.25) is 0 Å². The minimum atomic E-state index is -1.20. The standard InChI is InChI=1S/C35H32N4O4S/c40-33(41)32-30-20-11-17-27(22-36(32)34(42)37(25-13-3-1-4-14-25)26-15-5-2-6-16-26)38(30)35(43)39-28-18-8-7-12-24(28)23-44-31-21-10-9-19-29(31)39/h1-10,12-16,18-19,21,27,30,32H,11,17,20,22-23H2,(H,40,41)/t27-,30+,32-/m0/s1. The van der Waals surface area contributed by atoms with Crippen LogP contribution in [0, 0.1) is 0 Å². The summed E-state index contributed by atoms with van der Waals surface area (Å²) in [6.07, 6.45) is 1.96. The van der Waals surface area contributed by atoms with E-state index >= 15 is 0 Å². The molecular weight excluding hydrogens is 572 g/mol. The van der Waals surface area contributed by atoms with Gasteiger partial charge < -0.3 is 14.9 Å². The highest BCUT2D eigenvalue weighted by Crippen LogP contribution is 2.45. The number of rotatable bonds is 3. The second-order valence-electron chi connectivity index (χ2n) is 11.3. The molecule has 4 aromatic rings. The van der Waals surface area contributed by atoms with Crippen LogP contribution in [0.1, 0.15) is 24.8 Å². The van der Waals surface area contributed by atoms with Gasteiger partial charge in [-0.3, -0.25) is 9.80 Å². The number of urea groups is 2. The smallest absolute Gasteiger partial charge is 0.329 e. The average molecular weight is 605 g/mol. The van der Waals surface area contributed by atoms with Gasteiger partial charge in [0.25, 0.3) is 0 Å². The number of carbonyl (C=O) groups excluding carboxylic acids is 2. The van der Waals surface area contributed by atoms with Gasteiger partial charge in [0.05, 0.1) is 34.8 Å². The van der Waals surface area contributed by atoms with Gasteiger partial charge in [-0.05, 0) is 67.3 Å². The molecule has 8 nitrogen and oxygen atoms in total. The maximum absolute atomic E-state index is 14.8. The molecule has 0 saturated carbocycles. The van der Waals surface area contributed by atoms with Crippen molar-refractivity contribution in [1.82, 2.24) is 9.80 Å². The molecule has 3 atom stereocenters. The fourth-order valence-corrected chi connectivity index (χ4v) is 7.85. The fraction of sp³-hybridized carbons (Fsp3) is 0.229. The van der Waals surface area contributed by atoms with Crippen molar-refractivity contribution in [3.05, 3.63) is 115 Å². The molecular formula is C35H32N4O4S. The third-order valence-corrected chi connectivity index (χ3v) is 9.86. The van der Waals surface area contributed by atoms with Gasteiger partial charge in [0.1, 0.15) is 0 Å². The first-order valence-corrected chi connectivity index (χ1v) is 15.9. The minimum Gasteiger partial charge on any atom is -0.480 e. The van der Waals surface area contributed by atoms with Crippen molar-refractivity contribution < 1.29 is 19.5 Å². The van der Waals surface area contributed by atoms with E-state index in [1.165, 1.54) is 4.90 Å². The van der Waals surface area contributed by atoms with Gasteiger partial charge in [-0.15, -0.1) is 11.8 Å². The first-order valence-electron chi connectivity index (χ1n) is 14.9. The molecule has 2 saturated heterocycles. The number of carboxylic acids is 1. The Morgan fingerprint density at radius 3 is 2.05 bits per heavy atom. The SMILES string of the molecule is O=C(O)[C@@H]1[C@H]2CCC[C@@H](CN1C(=O)N(c1ccccc1)c1ccccc1)N2C(=O)N1c2ccccc2CSc2ccccc21. The Bertz CT molecular complexity index is 1610. The van der Waals surface area contributed by atoms with Crippen molar-refractivity contribution in [3.63, 3.8) is 0 Å². The number of carbonyl (C=O) groups is 3. The Morgan fingerprint density at radius 2 is 1.36 bits per heavy atom. The predicted molar refractivity (Wildman–Crippen MR) is 172 cm³/mol. The first kappa shape index (κ1) is 28.0. The van der Waals surface area contributed by atoms with E-state index in [1.54, 1.807) is 26.5 Å². The number of benzene rings is 4. The number of carboxylic acid groups (broad SMARTS) is 1. The highest BCUT2D eigenvalue weighted by atomic mass is 32.2. The number of anilines is 4. The third kappa shape index (κ3) is 4.87. The van der Waals surface area contributed by atoms with Gasteiger partial charge in [-0.2, -0.15) is 0 Å². The summed E-state index contributed by atoms with van der Waals surface area (Å²) in [6.45, 7) is 0.125. The van der Waals surface area contributed by atoms with Crippen LogP contribution in [0.25, 0.3) is 0 Å². The number of aliphatic carboxylic acids is 1. The van der Waals surface area contributed by atoms with Crippen LogP contribution in [-0.4, -0.2) is 57.6 Å². The van der Waals surface area contributed by atoms with E-state index < -0.39 is 24.1 Å². The van der Waals surface area contributed by atoms with Gasteiger partial charge in [0.15, 0.2) is 6.04 Å². The average Bonchev–Trinajstić information content (AvgIpc) is 3.22. The van der Waals surface area contributed by atoms with Crippen LogP contribution in [0.15, 0.2) is 114 Å². The number of likely N-dealkylation sites (tertiary alicyclic amines) is 1. The lowest BCUT2D eigenvalue weighted by atomic mass is 9.86. The number of piperidine rings is 1. The topological polar surface area (TPSA) is 84.4 Å². The molecule has 0 radical (unpaired) electrons. The number of nitrogens with zero attached hydrogens (tertiary/aromatic N) is 4. The summed E-state index contributed by atoms with van der Waals surface area (Å²) < 4.78 is 0. The molecule has 4 amide bonds. The van der Waals surface area contributed by atoms with Crippen molar-refractivity contribution in [3.8, 4) is 0 Å². The minimum absolute atomic E-state index is 0.125. The van der Waals surface area contributed by atoms with Crippen LogP contribution in [0.5, 0.6) is 0 Å². The number of para-hydroxylation sites is 4. The van der Waals surface area contributed by atoms with E-state index in [1.807, 2.05) is 109 Å². The first-order chi connectivity index (χ1) is 21.5. The van der Waals surface area contributed by atoms with E-state index in [4.69, 9.17) is 0 Å². The Morgan fingerprint density at radius 1 is 0.750 bits per heavy atom. The molecule has 9 heteroatoms. The van der Waals surface area contributed by atoms with Crippen LogP contribution < -0.4 is 9.80 Å². The second-order valence-corrected chi connectivity index (χ2v) is 12.3. The van der Waals surface area contributed by atoms with Crippen molar-refractivity contribution in [2.75, 3.05) is 16.3 Å². The van der Waals surface area contributed by atoms with E-state index in [2.05, 4.69) is 0 Å². The van der Waals surface area contributed by atoms with E-state index in [-0.39, 0.29) is 18.6 Å². The predicted octanol–water partition coefficient (Wildman–Crippen LogP) is 7.50. The Balaban J connectivity index is 1.28. The van der Waals surface area contributed by atoms with Gasteiger partial charge in [-0.25, -0.2) is 14.4 Å². The summed E-state index contributed by atoms with van der Waals surface area (Å²) in [5, 5.41) is 10.7. The third-order valence-electron chi connectivity index (χ3n) is 8.75. The molecule has 3 aliphatic heterocycles.